The smallest absolute Gasteiger partial charge is 0.306 e. The minimum atomic E-state index is -0.558. The Labute approximate surface area is 190 Å². The molecule has 0 spiro atoms. The van der Waals surface area contributed by atoms with Crippen LogP contribution in [-0.2, 0) is 9.53 Å². The Kier molecular flexibility index (Phi) is 6.32. The standard InChI is InChI=1S/C28H47FO2/c1-18(9-14-25(30)31-26(2,3)4)20-12-13-21-19-10-11-23-24(29)8-7-16-27(23,5)22(19)15-17-28(20,21)6/h18-24H,7-17H2,1-6H3/t18-,19+,20?,21+,22+,23-,24+,27-,28-/m1/s1. The second-order valence-corrected chi connectivity index (χ2v) is 13.3. The molecular weight excluding hydrogens is 387 g/mol. The van der Waals surface area contributed by atoms with Gasteiger partial charge in [0.1, 0.15) is 11.8 Å². The summed E-state index contributed by atoms with van der Waals surface area (Å²) in [4.78, 5) is 12.3. The molecule has 1 unspecified atom stereocenters. The molecule has 0 amide bonds. The molecule has 31 heavy (non-hydrogen) atoms. The van der Waals surface area contributed by atoms with Gasteiger partial charge in [0, 0.05) is 6.42 Å². The van der Waals surface area contributed by atoms with Crippen LogP contribution in [0, 0.1) is 46.3 Å². The van der Waals surface area contributed by atoms with Crippen molar-refractivity contribution in [2.75, 3.05) is 0 Å². The first-order valence-corrected chi connectivity index (χ1v) is 13.3. The zero-order chi connectivity index (χ0) is 22.6. The van der Waals surface area contributed by atoms with Gasteiger partial charge in [-0.1, -0.05) is 20.8 Å². The average molecular weight is 435 g/mol. The second-order valence-electron chi connectivity index (χ2n) is 13.3. The molecule has 0 heterocycles. The largest absolute Gasteiger partial charge is 0.460 e. The molecule has 9 atom stereocenters. The highest BCUT2D eigenvalue weighted by molar-refractivity contribution is 5.69. The lowest BCUT2D eigenvalue weighted by molar-refractivity contribution is -0.155. The lowest BCUT2D eigenvalue weighted by Gasteiger charge is -2.61. The minimum absolute atomic E-state index is 0.0490. The van der Waals surface area contributed by atoms with Crippen molar-refractivity contribution in [3.8, 4) is 0 Å². The highest BCUT2D eigenvalue weighted by Crippen LogP contribution is 2.68. The van der Waals surface area contributed by atoms with Gasteiger partial charge in [-0.25, -0.2) is 4.39 Å². The van der Waals surface area contributed by atoms with Crippen LogP contribution in [0.25, 0.3) is 0 Å². The molecule has 4 aliphatic rings. The summed E-state index contributed by atoms with van der Waals surface area (Å²) < 4.78 is 20.4. The molecular formula is C28H47FO2. The Morgan fingerprint density at radius 1 is 0.968 bits per heavy atom. The summed E-state index contributed by atoms with van der Waals surface area (Å²) in [6.45, 7) is 13.2. The van der Waals surface area contributed by atoms with Crippen LogP contribution in [0.4, 0.5) is 4.39 Å². The quantitative estimate of drug-likeness (QED) is 0.423. The fraction of sp³-hybridized carbons (Fsp3) is 0.964. The van der Waals surface area contributed by atoms with Crippen molar-refractivity contribution in [2.45, 2.75) is 124 Å². The second kappa shape index (κ2) is 8.32. The molecule has 0 saturated heterocycles. The molecule has 0 N–H and O–H groups in total. The maximum Gasteiger partial charge on any atom is 0.306 e. The normalized spacial score (nSPS) is 45.9. The van der Waals surface area contributed by atoms with Gasteiger partial charge in [0.2, 0.25) is 0 Å². The van der Waals surface area contributed by atoms with Crippen molar-refractivity contribution in [3.63, 3.8) is 0 Å². The van der Waals surface area contributed by atoms with Crippen LogP contribution in [-0.4, -0.2) is 17.7 Å². The molecule has 0 aromatic rings. The van der Waals surface area contributed by atoms with Gasteiger partial charge in [-0.2, -0.15) is 0 Å². The number of rotatable bonds is 4. The number of esters is 1. The Bertz CT molecular complexity index is 668. The lowest BCUT2D eigenvalue weighted by atomic mass is 9.44. The van der Waals surface area contributed by atoms with E-state index >= 15 is 0 Å². The first kappa shape index (κ1) is 23.6. The summed E-state index contributed by atoms with van der Waals surface area (Å²) in [5, 5.41) is 0. The van der Waals surface area contributed by atoms with Crippen LogP contribution < -0.4 is 0 Å². The van der Waals surface area contributed by atoms with E-state index in [1.54, 1.807) is 0 Å². The predicted molar refractivity (Wildman–Crippen MR) is 124 cm³/mol. The molecule has 0 aromatic carbocycles. The SMILES string of the molecule is C[C@H](CCC(=O)OC(C)(C)C)C1CC[C@H]2[C@@H]3CC[C@@H]4[C@@H](F)CCC[C@]4(C)[C@H]3CC[C@]12C. The maximum absolute atomic E-state index is 14.8. The van der Waals surface area contributed by atoms with Crippen LogP contribution in [0.15, 0.2) is 0 Å². The van der Waals surface area contributed by atoms with Gasteiger partial charge in [0.25, 0.3) is 0 Å². The molecule has 178 valence electrons. The molecule has 4 fully saturated rings. The van der Waals surface area contributed by atoms with E-state index in [9.17, 15) is 9.18 Å². The third kappa shape index (κ3) is 4.21. The fourth-order valence-corrected chi connectivity index (χ4v) is 9.24. The van der Waals surface area contributed by atoms with Crippen LogP contribution >= 0.6 is 0 Å². The van der Waals surface area contributed by atoms with Crippen LogP contribution in [0.1, 0.15) is 112 Å². The van der Waals surface area contributed by atoms with E-state index < -0.39 is 11.8 Å². The molecule has 0 radical (unpaired) electrons. The molecule has 0 aliphatic heterocycles. The molecule has 2 nitrogen and oxygen atoms in total. The van der Waals surface area contributed by atoms with Crippen molar-refractivity contribution < 1.29 is 13.9 Å². The van der Waals surface area contributed by atoms with Crippen LogP contribution in [0.3, 0.4) is 0 Å². The van der Waals surface area contributed by atoms with Gasteiger partial charge in [-0.15, -0.1) is 0 Å². The van der Waals surface area contributed by atoms with E-state index in [2.05, 4.69) is 20.8 Å². The minimum Gasteiger partial charge on any atom is -0.460 e. The van der Waals surface area contributed by atoms with Crippen molar-refractivity contribution >= 4 is 5.97 Å². The van der Waals surface area contributed by atoms with Crippen molar-refractivity contribution in [1.82, 2.24) is 0 Å². The topological polar surface area (TPSA) is 26.3 Å². The molecule has 4 aliphatic carbocycles. The van der Waals surface area contributed by atoms with Gasteiger partial charge in [0.05, 0.1) is 0 Å². The monoisotopic (exact) mass is 434 g/mol. The summed E-state index contributed by atoms with van der Waals surface area (Å²) >= 11 is 0. The van der Waals surface area contributed by atoms with Gasteiger partial charge in [-0.3, -0.25) is 4.79 Å². The Balaban J connectivity index is 1.43. The first-order chi connectivity index (χ1) is 14.5. The van der Waals surface area contributed by atoms with E-state index in [4.69, 9.17) is 4.74 Å². The molecule has 4 rings (SSSR count). The van der Waals surface area contributed by atoms with Crippen LogP contribution in [0.2, 0.25) is 0 Å². The first-order valence-electron chi connectivity index (χ1n) is 13.3. The van der Waals surface area contributed by atoms with Crippen molar-refractivity contribution in [2.24, 2.45) is 46.3 Å². The zero-order valence-corrected chi connectivity index (χ0v) is 21.0. The fourth-order valence-electron chi connectivity index (χ4n) is 9.24. The number of fused-ring (bicyclic) bond motifs is 5. The van der Waals surface area contributed by atoms with Gasteiger partial charge in [0.15, 0.2) is 0 Å². The van der Waals surface area contributed by atoms with Crippen molar-refractivity contribution in [1.29, 1.82) is 0 Å². The van der Waals surface area contributed by atoms with E-state index in [1.165, 1.54) is 38.5 Å². The molecule has 4 saturated carbocycles. The number of alkyl halides is 1. The summed E-state index contributed by atoms with van der Waals surface area (Å²) in [6.07, 6.45) is 11.7. The van der Waals surface area contributed by atoms with E-state index in [1.807, 2.05) is 20.8 Å². The van der Waals surface area contributed by atoms with E-state index in [0.29, 0.717) is 29.6 Å². The maximum atomic E-state index is 14.8. The third-order valence-electron chi connectivity index (χ3n) is 10.6. The number of carbonyl (C=O) groups excluding carboxylic acids is 1. The number of ether oxygens (including phenoxy) is 1. The average Bonchev–Trinajstić information content (AvgIpc) is 3.02. The van der Waals surface area contributed by atoms with Crippen LogP contribution in [0.5, 0.6) is 0 Å². The predicted octanol–water partition coefficient (Wildman–Crippen LogP) is 7.74. The van der Waals surface area contributed by atoms with E-state index in [0.717, 1.165) is 43.4 Å². The molecule has 3 heteroatoms. The van der Waals surface area contributed by atoms with Gasteiger partial charge >= 0.3 is 5.97 Å². The van der Waals surface area contributed by atoms with E-state index in [-0.39, 0.29) is 11.4 Å². The van der Waals surface area contributed by atoms with Gasteiger partial charge < -0.3 is 4.74 Å². The number of hydrogen-bond donors (Lipinski definition) is 0. The Morgan fingerprint density at radius 3 is 2.35 bits per heavy atom. The zero-order valence-electron chi connectivity index (χ0n) is 21.0. The van der Waals surface area contributed by atoms with Crippen molar-refractivity contribution in [3.05, 3.63) is 0 Å². The number of carbonyl (C=O) groups is 1. The highest BCUT2D eigenvalue weighted by Gasteiger charge is 2.61. The summed E-state index contributed by atoms with van der Waals surface area (Å²) in [7, 11) is 0. The van der Waals surface area contributed by atoms with Gasteiger partial charge in [-0.05, 0) is 131 Å². The number of halogens is 1. The molecule has 0 aromatic heterocycles. The Morgan fingerprint density at radius 2 is 1.65 bits per heavy atom. The summed E-state index contributed by atoms with van der Waals surface area (Å²) in [6, 6.07) is 0. The summed E-state index contributed by atoms with van der Waals surface area (Å²) in [5.41, 5.74) is 0.250. The lowest BCUT2D eigenvalue weighted by Crippen LogP contribution is -2.55. The Hall–Kier alpha value is -0.600. The third-order valence-corrected chi connectivity index (χ3v) is 10.6. The molecule has 0 bridgehead atoms. The highest BCUT2D eigenvalue weighted by atomic mass is 19.1. The number of hydrogen-bond acceptors (Lipinski definition) is 2. The summed E-state index contributed by atoms with van der Waals surface area (Å²) in [5.74, 6) is 3.89.